The largest absolute Gasteiger partial charge is 0.269 e. The summed E-state index contributed by atoms with van der Waals surface area (Å²) in [4.78, 5) is 3.64. The first-order valence-corrected chi connectivity index (χ1v) is 2.34. The second kappa shape index (κ2) is 2.56. The molecule has 0 aromatic rings. The van der Waals surface area contributed by atoms with Crippen LogP contribution in [0.5, 0.6) is 0 Å². The summed E-state index contributed by atoms with van der Waals surface area (Å²) in [5.41, 5.74) is 0.861. The van der Waals surface area contributed by atoms with Gasteiger partial charge in [0, 0.05) is 5.70 Å². The van der Waals surface area contributed by atoms with Gasteiger partial charge in [-0.2, -0.15) is 0 Å². The fourth-order valence-corrected chi connectivity index (χ4v) is 0.183. The van der Waals surface area contributed by atoms with E-state index in [1.54, 1.807) is 0 Å². The summed E-state index contributed by atoms with van der Waals surface area (Å²) < 4.78 is 0. The van der Waals surface area contributed by atoms with Crippen molar-refractivity contribution in [2.75, 3.05) is 0 Å². The van der Waals surface area contributed by atoms with E-state index in [-0.39, 0.29) is 0 Å². The molecule has 0 aliphatic rings. The van der Waals surface area contributed by atoms with Crippen LogP contribution in [0.4, 0.5) is 0 Å². The molecule has 0 atom stereocenters. The number of hydrogen-bond donors (Lipinski definition) is 0. The van der Waals surface area contributed by atoms with Gasteiger partial charge >= 0.3 is 0 Å². The smallest absolute Gasteiger partial charge is 0.0350 e. The zero-order valence-corrected chi connectivity index (χ0v) is 4.94. The van der Waals surface area contributed by atoms with Gasteiger partial charge in [0.25, 0.3) is 0 Å². The van der Waals surface area contributed by atoms with Gasteiger partial charge in [0.05, 0.1) is 0 Å². The van der Waals surface area contributed by atoms with E-state index >= 15 is 0 Å². The normalized spacial score (nSPS) is 9.00. The van der Waals surface area contributed by atoms with Crippen LogP contribution in [0.1, 0.15) is 13.8 Å². The van der Waals surface area contributed by atoms with Crippen molar-refractivity contribution in [2.45, 2.75) is 13.8 Å². The van der Waals surface area contributed by atoms with Crippen LogP contribution in [0.3, 0.4) is 0 Å². The Hall–Kier alpha value is -0.590. The van der Waals surface area contributed by atoms with Crippen LogP contribution in [-0.2, 0) is 0 Å². The molecule has 0 aromatic heterocycles. The highest BCUT2D eigenvalue weighted by Crippen LogP contribution is 2.04. The SMILES string of the molecule is C=NC(=C)C(C)C. The van der Waals surface area contributed by atoms with Gasteiger partial charge in [-0.15, -0.1) is 0 Å². The minimum atomic E-state index is 0.442. The molecule has 0 unspecified atom stereocenters. The summed E-state index contributed by atoms with van der Waals surface area (Å²) in [6.45, 7) is 11.1. The average molecular weight is 97.2 g/mol. The lowest BCUT2D eigenvalue weighted by Crippen LogP contribution is -1.85. The Morgan fingerprint density at radius 2 is 2.00 bits per heavy atom. The van der Waals surface area contributed by atoms with Crippen LogP contribution >= 0.6 is 0 Å². The summed E-state index contributed by atoms with van der Waals surface area (Å²) in [6, 6.07) is 0. The highest BCUT2D eigenvalue weighted by Gasteiger charge is 1.92. The van der Waals surface area contributed by atoms with Crippen molar-refractivity contribution in [3.8, 4) is 0 Å². The summed E-state index contributed by atoms with van der Waals surface area (Å²) in [5, 5.41) is 0. The molecule has 0 bridgehead atoms. The highest BCUT2D eigenvalue weighted by molar-refractivity contribution is 5.28. The summed E-state index contributed by atoms with van der Waals surface area (Å²) in [5.74, 6) is 0.442. The third-order valence-electron chi connectivity index (χ3n) is 0.870. The van der Waals surface area contributed by atoms with Gasteiger partial charge in [-0.3, -0.25) is 4.99 Å². The van der Waals surface area contributed by atoms with E-state index in [4.69, 9.17) is 0 Å². The van der Waals surface area contributed by atoms with Crippen molar-refractivity contribution in [1.82, 2.24) is 0 Å². The van der Waals surface area contributed by atoms with Gasteiger partial charge in [0.1, 0.15) is 0 Å². The number of nitrogens with zero attached hydrogens (tertiary/aromatic N) is 1. The first-order valence-electron chi connectivity index (χ1n) is 2.34. The second-order valence-electron chi connectivity index (χ2n) is 1.80. The lowest BCUT2D eigenvalue weighted by atomic mass is 10.2. The molecule has 0 saturated heterocycles. The highest BCUT2D eigenvalue weighted by atomic mass is 14.7. The van der Waals surface area contributed by atoms with E-state index in [9.17, 15) is 0 Å². The van der Waals surface area contributed by atoms with Gasteiger partial charge in [-0.05, 0) is 12.6 Å². The van der Waals surface area contributed by atoms with Crippen molar-refractivity contribution < 1.29 is 0 Å². The minimum absolute atomic E-state index is 0.442. The van der Waals surface area contributed by atoms with Crippen molar-refractivity contribution >= 4 is 6.72 Å². The Kier molecular flexibility index (Phi) is 2.34. The molecule has 0 radical (unpaired) electrons. The number of aliphatic imine (C=N–C) groups is 1. The molecule has 0 saturated carbocycles. The zero-order valence-electron chi connectivity index (χ0n) is 4.94. The number of allylic oxidation sites excluding steroid dienone is 1. The maximum absolute atomic E-state index is 3.64. The van der Waals surface area contributed by atoms with Gasteiger partial charge in [0.2, 0.25) is 0 Å². The molecule has 0 N–H and O–H groups in total. The molecule has 0 heterocycles. The van der Waals surface area contributed by atoms with Crippen LogP contribution in [-0.4, -0.2) is 6.72 Å². The van der Waals surface area contributed by atoms with E-state index in [1.807, 2.05) is 13.8 Å². The molecular formula is C6H11N. The van der Waals surface area contributed by atoms with E-state index in [0.29, 0.717) is 5.92 Å². The molecule has 0 aliphatic heterocycles. The van der Waals surface area contributed by atoms with E-state index < -0.39 is 0 Å². The van der Waals surface area contributed by atoms with E-state index in [2.05, 4.69) is 18.3 Å². The lowest BCUT2D eigenvalue weighted by molar-refractivity contribution is 0.764. The molecule has 0 aliphatic carbocycles. The van der Waals surface area contributed by atoms with Crippen LogP contribution < -0.4 is 0 Å². The molecule has 0 rings (SSSR count). The molecule has 0 fully saturated rings. The van der Waals surface area contributed by atoms with Crippen LogP contribution in [0, 0.1) is 5.92 Å². The minimum Gasteiger partial charge on any atom is -0.269 e. The molecule has 0 spiro atoms. The van der Waals surface area contributed by atoms with Crippen molar-refractivity contribution in [3.05, 3.63) is 12.3 Å². The van der Waals surface area contributed by atoms with Crippen LogP contribution in [0.25, 0.3) is 0 Å². The van der Waals surface area contributed by atoms with E-state index in [0.717, 1.165) is 5.70 Å². The summed E-state index contributed by atoms with van der Waals surface area (Å²) >= 11 is 0. The molecule has 1 nitrogen and oxygen atoms in total. The van der Waals surface area contributed by atoms with E-state index in [1.165, 1.54) is 0 Å². The average Bonchev–Trinajstić information content (AvgIpc) is 1.65. The number of hydrogen-bond acceptors (Lipinski definition) is 1. The summed E-state index contributed by atoms with van der Waals surface area (Å²) in [6.07, 6.45) is 0. The topological polar surface area (TPSA) is 12.4 Å². The zero-order chi connectivity index (χ0) is 5.86. The lowest BCUT2D eigenvalue weighted by Gasteiger charge is -1.98. The third-order valence-corrected chi connectivity index (χ3v) is 0.870. The maximum Gasteiger partial charge on any atom is 0.0350 e. The fourth-order valence-electron chi connectivity index (χ4n) is 0.183. The van der Waals surface area contributed by atoms with Gasteiger partial charge in [-0.25, -0.2) is 0 Å². The standard InChI is InChI=1S/C6H11N/c1-5(2)6(3)7-4/h5H,3-4H2,1-2H3. The Morgan fingerprint density at radius 1 is 1.57 bits per heavy atom. The Labute approximate surface area is 44.8 Å². The van der Waals surface area contributed by atoms with Gasteiger partial charge in [0.15, 0.2) is 0 Å². The maximum atomic E-state index is 3.64. The Morgan fingerprint density at radius 3 is 2.00 bits per heavy atom. The first kappa shape index (κ1) is 6.41. The monoisotopic (exact) mass is 97.1 g/mol. The van der Waals surface area contributed by atoms with Gasteiger partial charge in [-0.1, -0.05) is 20.4 Å². The number of rotatable bonds is 2. The second-order valence-corrected chi connectivity index (χ2v) is 1.80. The Balaban J connectivity index is 3.56. The predicted octanol–water partition coefficient (Wildman–Crippen LogP) is 1.86. The molecule has 1 heteroatoms. The first-order chi connectivity index (χ1) is 3.18. The molecule has 40 valence electrons. The molecule has 0 aromatic carbocycles. The van der Waals surface area contributed by atoms with Crippen molar-refractivity contribution in [3.63, 3.8) is 0 Å². The van der Waals surface area contributed by atoms with Gasteiger partial charge < -0.3 is 0 Å². The third kappa shape index (κ3) is 2.15. The van der Waals surface area contributed by atoms with Crippen molar-refractivity contribution in [1.29, 1.82) is 0 Å². The van der Waals surface area contributed by atoms with Crippen LogP contribution in [0.2, 0.25) is 0 Å². The fraction of sp³-hybridized carbons (Fsp3) is 0.500. The Bertz CT molecular complexity index is 82.2. The summed E-state index contributed by atoms with van der Waals surface area (Å²) in [7, 11) is 0. The molecule has 7 heavy (non-hydrogen) atoms. The molecular weight excluding hydrogens is 86.1 g/mol. The quantitative estimate of drug-likeness (QED) is 0.466. The molecule has 0 amide bonds. The predicted molar refractivity (Wildman–Crippen MR) is 33.5 cm³/mol. The van der Waals surface area contributed by atoms with Crippen LogP contribution in [0.15, 0.2) is 17.3 Å². The van der Waals surface area contributed by atoms with Crippen molar-refractivity contribution in [2.24, 2.45) is 10.9 Å².